The lowest BCUT2D eigenvalue weighted by molar-refractivity contribution is -0.200. The second-order valence-electron chi connectivity index (χ2n) is 5.94. The van der Waals surface area contributed by atoms with Crippen molar-refractivity contribution < 1.29 is 19.0 Å². The van der Waals surface area contributed by atoms with Crippen LogP contribution in [0, 0.1) is 0 Å². The quantitative estimate of drug-likeness (QED) is 0.736. The normalized spacial score (nSPS) is 26.4. The number of carbonyl (C=O) groups excluding carboxylic acids is 1. The minimum Gasteiger partial charge on any atom is -0.464 e. The molecule has 23 heavy (non-hydrogen) atoms. The fourth-order valence-electron chi connectivity index (χ4n) is 3.33. The van der Waals surface area contributed by atoms with Crippen molar-refractivity contribution in [2.75, 3.05) is 6.61 Å². The first-order valence-corrected chi connectivity index (χ1v) is 8.78. The van der Waals surface area contributed by atoms with Crippen LogP contribution in [0.5, 0.6) is 0 Å². The van der Waals surface area contributed by atoms with E-state index in [1.54, 1.807) is 25.1 Å². The van der Waals surface area contributed by atoms with Crippen molar-refractivity contribution in [3.63, 3.8) is 0 Å². The van der Waals surface area contributed by atoms with Crippen LogP contribution in [0.1, 0.15) is 50.7 Å². The van der Waals surface area contributed by atoms with E-state index in [-0.39, 0.29) is 6.61 Å². The molecule has 1 spiro atoms. The first-order chi connectivity index (χ1) is 11.1. The summed E-state index contributed by atoms with van der Waals surface area (Å²) < 4.78 is 17.5. The molecule has 0 N–H and O–H groups in total. The lowest BCUT2D eigenvalue weighted by Gasteiger charge is -2.31. The summed E-state index contributed by atoms with van der Waals surface area (Å²) in [5.41, 5.74) is 0.594. The summed E-state index contributed by atoms with van der Waals surface area (Å²) in [5.74, 6) is -1.17. The Morgan fingerprint density at radius 1 is 1.22 bits per heavy atom. The minimum absolute atomic E-state index is 0.286. The molecule has 2 fully saturated rings. The molecule has 0 unspecified atom stereocenters. The Bertz CT molecular complexity index is 564. The fourth-order valence-corrected chi connectivity index (χ4v) is 3.94. The van der Waals surface area contributed by atoms with E-state index in [2.05, 4.69) is 0 Å². The molecular weight excluding hydrogens is 339 g/mol. The standard InChI is InChI=1S/C17H20Cl2O4/c1-2-21-16(20)15-14(13-11(18)7-6-8-12(13)19)22-17(23-15)9-4-3-5-10-17/h6-8,14-15H,2-5,9-10H2,1H3/t14-,15+/m0/s1. The zero-order valence-corrected chi connectivity index (χ0v) is 14.5. The Kier molecular flexibility index (Phi) is 5.16. The number of esters is 1. The highest BCUT2D eigenvalue weighted by atomic mass is 35.5. The number of carbonyl (C=O) groups is 1. The predicted molar refractivity (Wildman–Crippen MR) is 87.6 cm³/mol. The molecule has 2 atom stereocenters. The van der Waals surface area contributed by atoms with Gasteiger partial charge in [0.2, 0.25) is 0 Å². The van der Waals surface area contributed by atoms with Crippen LogP contribution >= 0.6 is 23.2 Å². The number of hydrogen-bond acceptors (Lipinski definition) is 4. The van der Waals surface area contributed by atoms with E-state index in [0.717, 1.165) is 32.1 Å². The van der Waals surface area contributed by atoms with Crippen LogP contribution in [0.4, 0.5) is 0 Å². The number of rotatable bonds is 3. The van der Waals surface area contributed by atoms with Crippen LogP contribution in [0.15, 0.2) is 18.2 Å². The molecule has 1 aliphatic carbocycles. The molecule has 4 nitrogen and oxygen atoms in total. The van der Waals surface area contributed by atoms with E-state index in [0.29, 0.717) is 15.6 Å². The molecule has 2 aliphatic rings. The summed E-state index contributed by atoms with van der Waals surface area (Å²) in [6.07, 6.45) is 3.22. The summed E-state index contributed by atoms with van der Waals surface area (Å²) >= 11 is 12.6. The van der Waals surface area contributed by atoms with Crippen LogP contribution in [0.3, 0.4) is 0 Å². The van der Waals surface area contributed by atoms with Gasteiger partial charge in [0, 0.05) is 28.5 Å². The molecule has 1 aromatic carbocycles. The number of halogens is 2. The van der Waals surface area contributed by atoms with Gasteiger partial charge >= 0.3 is 5.97 Å². The molecule has 0 radical (unpaired) electrons. The summed E-state index contributed by atoms with van der Waals surface area (Å²) in [4.78, 5) is 12.4. The molecule has 1 saturated heterocycles. The Morgan fingerprint density at radius 2 is 1.87 bits per heavy atom. The largest absolute Gasteiger partial charge is 0.464 e. The molecule has 1 saturated carbocycles. The number of benzene rings is 1. The average molecular weight is 359 g/mol. The summed E-state index contributed by atoms with van der Waals surface area (Å²) in [7, 11) is 0. The van der Waals surface area contributed by atoms with Crippen molar-refractivity contribution in [3.8, 4) is 0 Å². The van der Waals surface area contributed by atoms with E-state index in [4.69, 9.17) is 37.4 Å². The van der Waals surface area contributed by atoms with E-state index in [1.165, 1.54) is 0 Å². The van der Waals surface area contributed by atoms with E-state index >= 15 is 0 Å². The van der Waals surface area contributed by atoms with Gasteiger partial charge in [-0.1, -0.05) is 35.7 Å². The molecule has 0 amide bonds. The Balaban J connectivity index is 1.96. The van der Waals surface area contributed by atoms with Crippen molar-refractivity contribution in [2.45, 2.75) is 57.0 Å². The fraction of sp³-hybridized carbons (Fsp3) is 0.588. The molecule has 3 rings (SSSR count). The third kappa shape index (κ3) is 3.36. The third-order valence-corrected chi connectivity index (χ3v) is 5.04. The summed E-state index contributed by atoms with van der Waals surface area (Å²) in [6, 6.07) is 5.24. The Hall–Kier alpha value is -0.810. The van der Waals surface area contributed by atoms with Gasteiger partial charge in [0.05, 0.1) is 6.61 Å². The van der Waals surface area contributed by atoms with Crippen LogP contribution in [0.2, 0.25) is 10.0 Å². The highest BCUT2D eigenvalue weighted by molar-refractivity contribution is 6.36. The number of hydrogen-bond donors (Lipinski definition) is 0. The van der Waals surface area contributed by atoms with Crippen molar-refractivity contribution >= 4 is 29.2 Å². The summed E-state index contributed by atoms with van der Waals surface area (Å²) in [5, 5.41) is 0.932. The van der Waals surface area contributed by atoms with Crippen LogP contribution in [-0.4, -0.2) is 24.5 Å². The third-order valence-electron chi connectivity index (χ3n) is 4.38. The van der Waals surface area contributed by atoms with Gasteiger partial charge in [0.1, 0.15) is 6.10 Å². The van der Waals surface area contributed by atoms with Crippen LogP contribution < -0.4 is 0 Å². The van der Waals surface area contributed by atoms with E-state index < -0.39 is 24.0 Å². The van der Waals surface area contributed by atoms with Gasteiger partial charge in [-0.25, -0.2) is 4.79 Å². The topological polar surface area (TPSA) is 44.8 Å². The Labute approximate surface area is 146 Å². The van der Waals surface area contributed by atoms with Crippen molar-refractivity contribution in [3.05, 3.63) is 33.8 Å². The van der Waals surface area contributed by atoms with Gasteiger partial charge < -0.3 is 14.2 Å². The average Bonchev–Trinajstić information content (AvgIpc) is 2.87. The second-order valence-corrected chi connectivity index (χ2v) is 6.75. The maximum absolute atomic E-state index is 12.4. The molecule has 1 aliphatic heterocycles. The van der Waals surface area contributed by atoms with Gasteiger partial charge in [0.15, 0.2) is 11.9 Å². The molecule has 0 bridgehead atoms. The zero-order valence-electron chi connectivity index (χ0n) is 13.0. The minimum atomic E-state index is -0.842. The molecule has 126 valence electrons. The molecular formula is C17H20Cl2O4. The maximum atomic E-state index is 12.4. The first kappa shape index (κ1) is 17.0. The molecule has 1 aromatic rings. The molecule has 6 heteroatoms. The van der Waals surface area contributed by atoms with Gasteiger partial charge in [0.25, 0.3) is 0 Å². The monoisotopic (exact) mass is 358 g/mol. The number of ether oxygens (including phenoxy) is 3. The van der Waals surface area contributed by atoms with E-state index in [9.17, 15) is 4.79 Å². The SMILES string of the molecule is CCOC(=O)[C@@H]1OC2(CCCCC2)O[C@H]1c1c(Cl)cccc1Cl. The lowest BCUT2D eigenvalue weighted by Crippen LogP contribution is -2.35. The van der Waals surface area contributed by atoms with Crippen molar-refractivity contribution in [1.82, 2.24) is 0 Å². The highest BCUT2D eigenvalue weighted by Gasteiger charge is 2.52. The van der Waals surface area contributed by atoms with Gasteiger partial charge in [-0.05, 0) is 31.9 Å². The maximum Gasteiger partial charge on any atom is 0.338 e. The van der Waals surface area contributed by atoms with Gasteiger partial charge in [-0.15, -0.1) is 0 Å². The van der Waals surface area contributed by atoms with Crippen LogP contribution in [0.25, 0.3) is 0 Å². The second kappa shape index (κ2) is 6.98. The highest BCUT2D eigenvalue weighted by Crippen LogP contribution is 2.49. The predicted octanol–water partition coefficient (Wildman–Crippen LogP) is 4.67. The molecule has 0 aromatic heterocycles. The first-order valence-electron chi connectivity index (χ1n) is 8.02. The zero-order chi connectivity index (χ0) is 16.4. The van der Waals surface area contributed by atoms with Crippen molar-refractivity contribution in [2.24, 2.45) is 0 Å². The Morgan fingerprint density at radius 3 is 2.48 bits per heavy atom. The van der Waals surface area contributed by atoms with E-state index in [1.807, 2.05) is 0 Å². The molecule has 1 heterocycles. The summed E-state index contributed by atoms with van der Waals surface area (Å²) in [6.45, 7) is 2.05. The van der Waals surface area contributed by atoms with Gasteiger partial charge in [-0.3, -0.25) is 0 Å². The lowest BCUT2D eigenvalue weighted by atomic mass is 9.94. The smallest absolute Gasteiger partial charge is 0.338 e. The van der Waals surface area contributed by atoms with Crippen molar-refractivity contribution in [1.29, 1.82) is 0 Å². The van der Waals surface area contributed by atoms with Gasteiger partial charge in [-0.2, -0.15) is 0 Å². The van der Waals surface area contributed by atoms with Crippen LogP contribution in [-0.2, 0) is 19.0 Å².